The van der Waals surface area contributed by atoms with Crippen LogP contribution in [0.5, 0.6) is 0 Å². The summed E-state index contributed by atoms with van der Waals surface area (Å²) in [5, 5.41) is 4.77. The van der Waals surface area contributed by atoms with Gasteiger partial charge in [0.15, 0.2) is 0 Å². The van der Waals surface area contributed by atoms with Crippen LogP contribution in [0.25, 0.3) is 32.7 Å². The maximum atomic E-state index is 2.38. The Morgan fingerprint density at radius 1 is 0.292 bits per heavy atom. The molecule has 72 heavy (non-hydrogen) atoms. The van der Waals surface area contributed by atoms with Gasteiger partial charge < -0.3 is 19.6 Å². The third-order valence-electron chi connectivity index (χ3n) is 13.3. The smallest absolute Gasteiger partial charge is 0.0540 e. The van der Waals surface area contributed by atoms with Crippen LogP contribution in [-0.2, 0) is 0 Å². The lowest BCUT2D eigenvalue weighted by Crippen LogP contribution is -2.15. The van der Waals surface area contributed by atoms with Crippen molar-refractivity contribution in [2.75, 3.05) is 19.6 Å². The predicted molar refractivity (Wildman–Crippen MR) is 308 cm³/mol. The molecule has 346 valence electrons. The Kier molecular flexibility index (Phi) is 13.0. The second kappa shape index (κ2) is 20.7. The summed E-state index contributed by atoms with van der Waals surface area (Å²) in [6.07, 6.45) is 6.31. The van der Waals surface area contributed by atoms with Crippen LogP contribution < -0.4 is 19.6 Å². The summed E-state index contributed by atoms with van der Waals surface area (Å²) in [5.41, 5.74) is 15.5. The highest BCUT2D eigenvalue weighted by atomic mass is 15.2. The Balaban J connectivity index is 0.940. The Morgan fingerprint density at radius 3 is 1.01 bits per heavy atom. The zero-order valence-corrected chi connectivity index (χ0v) is 40.5. The summed E-state index contributed by atoms with van der Waals surface area (Å²) < 4.78 is 0. The number of rotatable bonds is 14. The number of fused-ring (bicyclic) bond motifs is 2. The second-order valence-electron chi connectivity index (χ2n) is 17.8. The zero-order valence-electron chi connectivity index (χ0n) is 40.5. The van der Waals surface area contributed by atoms with Gasteiger partial charge in [-0.05, 0) is 163 Å². The lowest BCUT2D eigenvalue weighted by atomic mass is 10.0. The van der Waals surface area contributed by atoms with Gasteiger partial charge in [-0.25, -0.2) is 0 Å². The number of anilines is 11. The molecule has 0 spiro atoms. The summed E-state index contributed by atoms with van der Waals surface area (Å²) >= 11 is 0. The third kappa shape index (κ3) is 9.25. The molecule has 0 amide bonds. The van der Waals surface area contributed by atoms with Gasteiger partial charge in [0.05, 0.1) is 11.4 Å². The molecule has 11 rings (SSSR count). The Labute approximate surface area is 423 Å². The van der Waals surface area contributed by atoms with Gasteiger partial charge in [0.2, 0.25) is 0 Å². The minimum atomic E-state index is 1.07. The lowest BCUT2D eigenvalue weighted by Gasteiger charge is -2.29. The molecular weight excluding hydrogens is 873 g/mol. The van der Waals surface area contributed by atoms with Gasteiger partial charge in [-0.15, -0.1) is 0 Å². The van der Waals surface area contributed by atoms with Gasteiger partial charge in [-0.1, -0.05) is 164 Å². The van der Waals surface area contributed by atoms with Gasteiger partial charge in [0, 0.05) is 67.7 Å². The van der Waals surface area contributed by atoms with E-state index in [9.17, 15) is 0 Å². The van der Waals surface area contributed by atoms with E-state index in [2.05, 4.69) is 318 Å². The van der Waals surface area contributed by atoms with E-state index < -0.39 is 0 Å². The van der Waals surface area contributed by atoms with Crippen molar-refractivity contribution >= 4 is 84.1 Å². The highest BCUT2D eigenvalue weighted by Crippen LogP contribution is 2.44. The van der Waals surface area contributed by atoms with E-state index in [1.807, 2.05) is 6.92 Å². The Hall–Kier alpha value is -9.38. The van der Waals surface area contributed by atoms with Gasteiger partial charge in [-0.3, -0.25) is 0 Å². The highest BCUT2D eigenvalue weighted by molar-refractivity contribution is 6.00. The van der Waals surface area contributed by atoms with Gasteiger partial charge >= 0.3 is 0 Å². The summed E-state index contributed by atoms with van der Waals surface area (Å²) in [6.45, 7) is 4.20. The number of allylic oxidation sites excluding steroid dienone is 4. The van der Waals surface area contributed by atoms with E-state index in [-0.39, 0.29) is 0 Å². The van der Waals surface area contributed by atoms with E-state index in [1.54, 1.807) is 0 Å². The standard InChI is InChI=1S/C68H54N4/c1-3-4-20-51(2)69(56-25-8-5-9-26-56)59-43-47-63(48-44-59)71(67-33-18-23-54-21-14-16-31-65(54)67)61-39-35-52(36-40-61)53-37-41-62(42-38-53)72(68-34-19-24-55-22-15-17-32-66(55)68)64-49-45-60(46-50-64)70(57-27-10-6-11-28-57)58-29-12-7-13-30-58/h3-50H,1-2H3/b4-3-,51-20+. The highest BCUT2D eigenvalue weighted by Gasteiger charge is 2.20. The number of nitrogens with zero attached hydrogens (tertiary/aromatic N) is 4. The van der Waals surface area contributed by atoms with Gasteiger partial charge in [0.25, 0.3) is 0 Å². The molecule has 0 aromatic heterocycles. The topological polar surface area (TPSA) is 13.0 Å². The van der Waals surface area contributed by atoms with E-state index in [0.717, 1.165) is 79.4 Å². The molecule has 0 bridgehead atoms. The second-order valence-corrected chi connectivity index (χ2v) is 17.8. The van der Waals surface area contributed by atoms with Crippen LogP contribution in [-0.4, -0.2) is 0 Å². The number of hydrogen-bond donors (Lipinski definition) is 0. The SMILES string of the molecule is C/C=C\C=C(/C)N(c1ccccc1)c1ccc(N(c2ccc(-c3ccc(N(c4ccc(N(c5ccccc5)c5ccccc5)cc4)c4cccc5ccccc45)cc3)cc2)c2cccc3ccccc23)cc1. The van der Waals surface area contributed by atoms with Crippen LogP contribution in [0.15, 0.2) is 297 Å². The molecule has 11 aromatic rings. The molecule has 0 saturated heterocycles. The molecule has 0 unspecified atom stereocenters. The molecule has 0 aliphatic rings. The molecule has 11 aromatic carbocycles. The van der Waals surface area contributed by atoms with Crippen LogP contribution in [0, 0.1) is 0 Å². The largest absolute Gasteiger partial charge is 0.315 e. The molecule has 0 N–H and O–H groups in total. The molecule has 4 heteroatoms. The van der Waals surface area contributed by atoms with Crippen LogP contribution in [0.3, 0.4) is 0 Å². The number of hydrogen-bond acceptors (Lipinski definition) is 4. The Bertz CT molecular complexity index is 3580. The Morgan fingerprint density at radius 2 is 0.597 bits per heavy atom. The predicted octanol–water partition coefficient (Wildman–Crippen LogP) is 19.7. The fourth-order valence-electron chi connectivity index (χ4n) is 9.81. The summed E-state index contributed by atoms with van der Waals surface area (Å²) in [6, 6.07) is 97.9. The number of para-hydroxylation sites is 3. The van der Waals surface area contributed by atoms with Crippen molar-refractivity contribution in [1.82, 2.24) is 0 Å². The van der Waals surface area contributed by atoms with Crippen molar-refractivity contribution in [3.05, 3.63) is 297 Å². The molecule has 0 heterocycles. The number of benzene rings is 11. The first kappa shape index (κ1) is 45.1. The zero-order chi connectivity index (χ0) is 48.6. The molecule has 0 aliphatic carbocycles. The van der Waals surface area contributed by atoms with E-state index in [0.29, 0.717) is 0 Å². The summed E-state index contributed by atoms with van der Waals surface area (Å²) in [7, 11) is 0. The summed E-state index contributed by atoms with van der Waals surface area (Å²) in [4.78, 5) is 9.35. The molecular formula is C68H54N4. The normalized spacial score (nSPS) is 11.5. The monoisotopic (exact) mass is 926 g/mol. The third-order valence-corrected chi connectivity index (χ3v) is 13.3. The van der Waals surface area contributed by atoms with Crippen molar-refractivity contribution < 1.29 is 0 Å². The average molecular weight is 927 g/mol. The quantitative estimate of drug-likeness (QED) is 0.101. The van der Waals surface area contributed by atoms with E-state index in [4.69, 9.17) is 0 Å². The van der Waals surface area contributed by atoms with Crippen molar-refractivity contribution in [3.63, 3.8) is 0 Å². The van der Waals surface area contributed by atoms with E-state index >= 15 is 0 Å². The fraction of sp³-hybridized carbons (Fsp3) is 0.0294. The van der Waals surface area contributed by atoms with Crippen LogP contribution in [0.4, 0.5) is 62.6 Å². The van der Waals surface area contributed by atoms with Crippen LogP contribution >= 0.6 is 0 Å². The van der Waals surface area contributed by atoms with Gasteiger partial charge in [0.1, 0.15) is 0 Å². The average Bonchev–Trinajstić information content (AvgIpc) is 3.45. The van der Waals surface area contributed by atoms with Crippen molar-refractivity contribution in [1.29, 1.82) is 0 Å². The van der Waals surface area contributed by atoms with Crippen LogP contribution in [0.2, 0.25) is 0 Å². The molecule has 0 saturated carbocycles. The van der Waals surface area contributed by atoms with Crippen molar-refractivity contribution in [3.8, 4) is 11.1 Å². The fourth-order valence-corrected chi connectivity index (χ4v) is 9.81. The van der Waals surface area contributed by atoms with Crippen molar-refractivity contribution in [2.24, 2.45) is 0 Å². The lowest BCUT2D eigenvalue weighted by molar-refractivity contribution is 1.15. The maximum absolute atomic E-state index is 2.38. The molecule has 0 atom stereocenters. The minimum absolute atomic E-state index is 1.07. The van der Waals surface area contributed by atoms with Crippen molar-refractivity contribution in [2.45, 2.75) is 13.8 Å². The first-order chi connectivity index (χ1) is 35.6. The van der Waals surface area contributed by atoms with Crippen LogP contribution in [0.1, 0.15) is 13.8 Å². The maximum Gasteiger partial charge on any atom is 0.0540 e. The van der Waals surface area contributed by atoms with Gasteiger partial charge in [-0.2, -0.15) is 0 Å². The van der Waals surface area contributed by atoms with E-state index in [1.165, 1.54) is 21.5 Å². The molecule has 0 radical (unpaired) electrons. The summed E-state index contributed by atoms with van der Waals surface area (Å²) in [5.74, 6) is 0. The molecule has 4 nitrogen and oxygen atoms in total. The molecule has 0 fully saturated rings. The first-order valence-corrected chi connectivity index (χ1v) is 24.6. The minimum Gasteiger partial charge on any atom is -0.315 e. The first-order valence-electron chi connectivity index (χ1n) is 24.6. The molecule has 0 aliphatic heterocycles.